The number of rotatable bonds is 6. The van der Waals surface area contributed by atoms with Gasteiger partial charge in [0, 0.05) is 43.8 Å². The van der Waals surface area contributed by atoms with Crippen molar-refractivity contribution in [2.24, 2.45) is 0 Å². The molecule has 1 aromatic heterocycles. The highest BCUT2D eigenvalue weighted by Gasteiger charge is 2.26. The van der Waals surface area contributed by atoms with Gasteiger partial charge in [0.05, 0.1) is 23.3 Å². The number of carbonyl (C=O) groups is 1. The monoisotopic (exact) mass is 521 g/mol. The molecule has 1 saturated heterocycles. The van der Waals surface area contributed by atoms with Crippen molar-refractivity contribution in [3.05, 3.63) is 89.1 Å². The quantitative estimate of drug-likeness (QED) is 0.307. The van der Waals surface area contributed by atoms with Crippen LogP contribution in [0.3, 0.4) is 0 Å². The predicted molar refractivity (Wildman–Crippen MR) is 138 cm³/mol. The fourth-order valence-corrected chi connectivity index (χ4v) is 4.56. The molecule has 1 aliphatic rings. The van der Waals surface area contributed by atoms with Gasteiger partial charge in [-0.05, 0) is 29.8 Å². The van der Waals surface area contributed by atoms with Crippen LogP contribution in [-0.2, 0) is 6.42 Å². The maximum absolute atomic E-state index is 14.5. The van der Waals surface area contributed by atoms with E-state index in [1.54, 1.807) is 42.3 Å². The minimum Gasteiger partial charge on any atom is -0.493 e. The molecule has 37 heavy (non-hydrogen) atoms. The molecule has 4 aromatic rings. The summed E-state index contributed by atoms with van der Waals surface area (Å²) in [6.45, 7) is 1.02. The Morgan fingerprint density at radius 2 is 1.84 bits per heavy atom. The third kappa shape index (κ3) is 5.59. The lowest BCUT2D eigenvalue weighted by Gasteiger charge is -2.31. The van der Waals surface area contributed by atoms with E-state index in [0.29, 0.717) is 60.0 Å². The predicted octanol–water partition coefficient (Wildman–Crippen LogP) is 6.06. The summed E-state index contributed by atoms with van der Waals surface area (Å²) in [5, 5.41) is 0.807. The number of aromatic nitrogens is 2. The fraction of sp³-hybridized carbons (Fsp3) is 0.250. The van der Waals surface area contributed by atoms with Gasteiger partial charge in [-0.1, -0.05) is 41.9 Å². The van der Waals surface area contributed by atoms with Gasteiger partial charge in [-0.25, -0.2) is 19.2 Å². The average Bonchev–Trinajstić information content (AvgIpc) is 2.92. The molecular formula is C28H25ClFN3O4. The number of benzene rings is 3. The summed E-state index contributed by atoms with van der Waals surface area (Å²) in [5.74, 6) is 1.14. The first-order valence-corrected chi connectivity index (χ1v) is 12.3. The van der Waals surface area contributed by atoms with E-state index in [0.717, 1.165) is 5.39 Å². The average molecular weight is 522 g/mol. The zero-order valence-electron chi connectivity index (χ0n) is 20.2. The Bertz CT molecular complexity index is 1410. The van der Waals surface area contributed by atoms with E-state index in [1.807, 2.05) is 24.3 Å². The van der Waals surface area contributed by atoms with Crippen molar-refractivity contribution in [1.82, 2.24) is 14.9 Å². The SMILES string of the molecule is COc1cc2ncnc(Cc3cccc(Cl)c3F)c2cc1OC1CCN(C(=O)Oc2ccccc2)CC1. The number of amides is 1. The molecule has 0 spiro atoms. The van der Waals surface area contributed by atoms with Gasteiger partial charge in [0.2, 0.25) is 0 Å². The highest BCUT2D eigenvalue weighted by atomic mass is 35.5. The number of hydrogen-bond donors (Lipinski definition) is 0. The third-order valence-corrected chi connectivity index (χ3v) is 6.63. The molecule has 0 atom stereocenters. The maximum Gasteiger partial charge on any atom is 0.415 e. The molecule has 0 radical (unpaired) electrons. The first kappa shape index (κ1) is 24.8. The van der Waals surface area contributed by atoms with Crippen molar-refractivity contribution in [2.75, 3.05) is 20.2 Å². The van der Waals surface area contributed by atoms with Crippen LogP contribution in [0.4, 0.5) is 9.18 Å². The van der Waals surface area contributed by atoms with Crippen LogP contribution in [-0.4, -0.2) is 47.3 Å². The smallest absolute Gasteiger partial charge is 0.415 e. The van der Waals surface area contributed by atoms with Gasteiger partial charge in [-0.15, -0.1) is 0 Å². The minimum absolute atomic E-state index is 0.0699. The first-order valence-electron chi connectivity index (χ1n) is 11.9. The fourth-order valence-electron chi connectivity index (χ4n) is 4.37. The van der Waals surface area contributed by atoms with Gasteiger partial charge >= 0.3 is 6.09 Å². The van der Waals surface area contributed by atoms with E-state index < -0.39 is 5.82 Å². The Kier molecular flexibility index (Phi) is 7.37. The molecule has 0 unspecified atom stereocenters. The van der Waals surface area contributed by atoms with Crippen LogP contribution in [0.25, 0.3) is 10.9 Å². The molecule has 7 nitrogen and oxygen atoms in total. The summed E-state index contributed by atoms with van der Waals surface area (Å²) < 4.78 is 31.9. The van der Waals surface area contributed by atoms with E-state index >= 15 is 0 Å². The Morgan fingerprint density at radius 3 is 2.59 bits per heavy atom. The summed E-state index contributed by atoms with van der Waals surface area (Å²) in [7, 11) is 1.57. The van der Waals surface area contributed by atoms with Crippen molar-refractivity contribution in [2.45, 2.75) is 25.4 Å². The minimum atomic E-state index is -0.460. The molecule has 0 aliphatic carbocycles. The summed E-state index contributed by atoms with van der Waals surface area (Å²) in [6, 6.07) is 17.5. The van der Waals surface area contributed by atoms with Gasteiger partial charge in [0.15, 0.2) is 11.5 Å². The van der Waals surface area contributed by atoms with Crippen molar-refractivity contribution in [1.29, 1.82) is 0 Å². The van der Waals surface area contributed by atoms with Crippen LogP contribution >= 0.6 is 11.6 Å². The number of likely N-dealkylation sites (tertiary alicyclic amines) is 1. The first-order chi connectivity index (χ1) is 18.0. The van der Waals surface area contributed by atoms with Crippen LogP contribution in [0.15, 0.2) is 67.0 Å². The molecular weight excluding hydrogens is 497 g/mol. The Hall–Kier alpha value is -3.91. The molecule has 0 saturated carbocycles. The number of ether oxygens (including phenoxy) is 3. The summed E-state index contributed by atoms with van der Waals surface area (Å²) in [5.41, 5.74) is 1.76. The van der Waals surface area contributed by atoms with E-state index in [1.165, 1.54) is 12.4 Å². The van der Waals surface area contributed by atoms with Crippen molar-refractivity contribution >= 4 is 28.6 Å². The molecule has 3 aromatic carbocycles. The number of carbonyl (C=O) groups excluding carboxylic acids is 1. The molecule has 2 heterocycles. The molecule has 9 heteroatoms. The molecule has 1 amide bonds. The molecule has 1 aliphatic heterocycles. The van der Waals surface area contributed by atoms with Crippen LogP contribution in [0.1, 0.15) is 24.1 Å². The highest BCUT2D eigenvalue weighted by Crippen LogP contribution is 2.35. The number of nitrogens with zero attached hydrogens (tertiary/aromatic N) is 3. The van der Waals surface area contributed by atoms with E-state index in [4.69, 9.17) is 25.8 Å². The molecule has 5 rings (SSSR count). The lowest BCUT2D eigenvalue weighted by molar-refractivity contribution is 0.0913. The molecule has 0 N–H and O–H groups in total. The Morgan fingerprint density at radius 1 is 1.05 bits per heavy atom. The second-order valence-corrected chi connectivity index (χ2v) is 9.12. The van der Waals surface area contributed by atoms with Gasteiger partial charge in [0.1, 0.15) is 24.0 Å². The number of hydrogen-bond acceptors (Lipinski definition) is 6. The normalized spacial score (nSPS) is 14.0. The lowest BCUT2D eigenvalue weighted by atomic mass is 10.0. The van der Waals surface area contributed by atoms with Crippen LogP contribution < -0.4 is 14.2 Å². The van der Waals surface area contributed by atoms with Gasteiger partial charge < -0.3 is 19.1 Å². The van der Waals surface area contributed by atoms with Gasteiger partial charge in [0.25, 0.3) is 0 Å². The van der Waals surface area contributed by atoms with Gasteiger partial charge in [-0.2, -0.15) is 0 Å². The standard InChI is InChI=1S/C28H25ClFN3O4/c1-35-25-16-24-21(23(31-17-32-24)14-18-6-5-9-22(29)27(18)30)15-26(25)36-20-10-12-33(13-11-20)28(34)37-19-7-3-2-4-8-19/h2-9,15-17,20H,10-14H2,1H3. The Balaban J connectivity index is 1.31. The largest absolute Gasteiger partial charge is 0.493 e. The Labute approximate surface area is 218 Å². The molecule has 190 valence electrons. The summed E-state index contributed by atoms with van der Waals surface area (Å²) in [4.78, 5) is 22.9. The number of piperidine rings is 1. The van der Waals surface area contributed by atoms with Crippen LogP contribution in [0, 0.1) is 5.82 Å². The van der Waals surface area contributed by atoms with Crippen molar-refractivity contribution in [3.63, 3.8) is 0 Å². The highest BCUT2D eigenvalue weighted by molar-refractivity contribution is 6.30. The zero-order valence-corrected chi connectivity index (χ0v) is 21.0. The molecule has 0 bridgehead atoms. The van der Waals surface area contributed by atoms with E-state index in [2.05, 4.69) is 9.97 Å². The summed E-state index contributed by atoms with van der Waals surface area (Å²) in [6.07, 6.45) is 2.48. The van der Waals surface area contributed by atoms with E-state index in [9.17, 15) is 9.18 Å². The number of fused-ring (bicyclic) bond motifs is 1. The van der Waals surface area contributed by atoms with Gasteiger partial charge in [-0.3, -0.25) is 0 Å². The van der Waals surface area contributed by atoms with Crippen molar-refractivity contribution in [3.8, 4) is 17.2 Å². The van der Waals surface area contributed by atoms with E-state index in [-0.39, 0.29) is 23.6 Å². The molecule has 1 fully saturated rings. The topological polar surface area (TPSA) is 73.8 Å². The van der Waals surface area contributed by atoms with Crippen molar-refractivity contribution < 1.29 is 23.4 Å². The number of halogens is 2. The van der Waals surface area contributed by atoms with Crippen LogP contribution in [0.2, 0.25) is 5.02 Å². The zero-order chi connectivity index (χ0) is 25.8. The lowest BCUT2D eigenvalue weighted by Crippen LogP contribution is -2.43. The van der Waals surface area contributed by atoms with Crippen LogP contribution in [0.5, 0.6) is 17.2 Å². The second kappa shape index (κ2) is 11.0. The number of para-hydroxylation sites is 1. The second-order valence-electron chi connectivity index (χ2n) is 8.72. The summed E-state index contributed by atoms with van der Waals surface area (Å²) >= 11 is 5.97. The maximum atomic E-state index is 14.5. The third-order valence-electron chi connectivity index (χ3n) is 6.33. The number of methoxy groups -OCH3 is 1.